The summed E-state index contributed by atoms with van der Waals surface area (Å²) in [6, 6.07) is 4.31. The van der Waals surface area contributed by atoms with Crippen LogP contribution in [0.4, 0.5) is 11.8 Å². The highest BCUT2D eigenvalue weighted by molar-refractivity contribution is 7.99. The maximum absolute atomic E-state index is 5.40. The highest BCUT2D eigenvalue weighted by Crippen LogP contribution is 2.29. The van der Waals surface area contributed by atoms with Crippen LogP contribution in [0.15, 0.2) is 34.7 Å². The molecule has 0 radical (unpaired) electrons. The lowest BCUT2D eigenvalue weighted by Crippen LogP contribution is -2.35. The van der Waals surface area contributed by atoms with E-state index in [0.717, 1.165) is 23.9 Å². The minimum Gasteiger partial charge on any atom is -0.360 e. The maximum atomic E-state index is 5.40. The molecule has 0 aromatic carbocycles. The van der Waals surface area contributed by atoms with E-state index in [0.29, 0.717) is 28.2 Å². The van der Waals surface area contributed by atoms with Crippen LogP contribution < -0.4 is 15.5 Å². The molecule has 2 fully saturated rings. The average Bonchev–Trinajstić information content (AvgIpc) is 3.46. The number of anilines is 2. The van der Waals surface area contributed by atoms with Crippen molar-refractivity contribution >= 4 is 40.9 Å². The number of nitrogens with zero attached hydrogens (tertiary/aromatic N) is 5. The van der Waals surface area contributed by atoms with Crippen molar-refractivity contribution in [3.8, 4) is 0 Å². The summed E-state index contributed by atoms with van der Waals surface area (Å²) >= 11 is 6.83. The molecule has 2 aliphatic rings. The third kappa shape index (κ3) is 5.26. The number of piperidine rings is 1. The average molecular weight is 402 g/mol. The van der Waals surface area contributed by atoms with Crippen LogP contribution >= 0.6 is 24.0 Å². The van der Waals surface area contributed by atoms with Crippen molar-refractivity contribution in [2.45, 2.75) is 48.8 Å². The summed E-state index contributed by atoms with van der Waals surface area (Å²) in [7, 11) is 0. The molecule has 1 saturated carbocycles. The molecule has 3 heterocycles. The van der Waals surface area contributed by atoms with E-state index < -0.39 is 0 Å². The normalized spacial score (nSPS) is 19.6. The molecular formula is C18H23N7S2. The predicted molar refractivity (Wildman–Crippen MR) is 111 cm³/mol. The third-order valence-electron chi connectivity index (χ3n) is 4.55. The zero-order valence-electron chi connectivity index (χ0n) is 15.3. The summed E-state index contributed by atoms with van der Waals surface area (Å²) in [5, 5.41) is 8.47. The monoisotopic (exact) mass is 401 g/mol. The van der Waals surface area contributed by atoms with Crippen LogP contribution in [0.2, 0.25) is 0 Å². The van der Waals surface area contributed by atoms with Gasteiger partial charge in [-0.2, -0.15) is 4.98 Å². The fourth-order valence-electron chi connectivity index (χ4n) is 3.06. The second-order valence-corrected chi connectivity index (χ2v) is 8.48. The fraction of sp³-hybridized carbons (Fsp3) is 0.500. The Bertz CT molecular complexity index is 798. The van der Waals surface area contributed by atoms with Crippen molar-refractivity contribution in [3.63, 3.8) is 0 Å². The highest BCUT2D eigenvalue weighted by atomic mass is 32.2. The molecule has 1 atom stereocenters. The van der Waals surface area contributed by atoms with Gasteiger partial charge < -0.3 is 15.5 Å². The molecule has 2 aromatic heterocycles. The summed E-state index contributed by atoms with van der Waals surface area (Å²) < 4.78 is 0. The first-order valence-electron chi connectivity index (χ1n) is 9.32. The molecule has 2 aromatic rings. The topological polar surface area (TPSA) is 78.9 Å². The van der Waals surface area contributed by atoms with Gasteiger partial charge in [0.15, 0.2) is 10.3 Å². The second-order valence-electron chi connectivity index (χ2n) is 7.09. The summed E-state index contributed by atoms with van der Waals surface area (Å²) in [6.07, 6.45) is 8.25. The lowest BCUT2D eigenvalue weighted by atomic mass is 10.0. The van der Waals surface area contributed by atoms with Crippen molar-refractivity contribution in [1.82, 2.24) is 25.3 Å². The molecule has 1 aliphatic heterocycles. The van der Waals surface area contributed by atoms with E-state index >= 15 is 0 Å². The van der Waals surface area contributed by atoms with Gasteiger partial charge in [0, 0.05) is 37.6 Å². The van der Waals surface area contributed by atoms with Crippen molar-refractivity contribution in [2.75, 3.05) is 23.3 Å². The molecule has 2 N–H and O–H groups in total. The van der Waals surface area contributed by atoms with E-state index in [4.69, 9.17) is 17.2 Å². The first kappa shape index (κ1) is 18.4. The zero-order valence-corrected chi connectivity index (χ0v) is 16.9. The van der Waals surface area contributed by atoms with Crippen molar-refractivity contribution in [3.05, 3.63) is 24.5 Å². The molecule has 0 amide bonds. The Hall–Kier alpha value is -2.00. The number of hydrogen-bond acceptors (Lipinski definition) is 7. The standard InChI is InChI=1S/C18H23N7S2/c1-12-4-2-9-25(11-12)14-10-15(27-18-19-7-3-8-20-18)23-16(22-14)24-17(26)21-13-5-6-13/h3,7-8,10,12-13H,2,4-6,9,11H2,1H3,(H2,21,22,23,24,26)/t12-/m1/s1. The van der Waals surface area contributed by atoms with E-state index in [2.05, 4.69) is 37.4 Å². The Morgan fingerprint density at radius 2 is 2.04 bits per heavy atom. The Labute approximate surface area is 168 Å². The minimum atomic E-state index is 0.489. The summed E-state index contributed by atoms with van der Waals surface area (Å²) in [4.78, 5) is 20.2. The summed E-state index contributed by atoms with van der Waals surface area (Å²) in [5.41, 5.74) is 0. The molecule has 27 heavy (non-hydrogen) atoms. The largest absolute Gasteiger partial charge is 0.360 e. The molecule has 0 spiro atoms. The zero-order chi connectivity index (χ0) is 18.6. The first-order chi connectivity index (χ1) is 13.2. The molecule has 4 rings (SSSR count). The molecule has 9 heteroatoms. The molecule has 0 bridgehead atoms. The number of aromatic nitrogens is 4. The number of nitrogens with one attached hydrogen (secondary N) is 2. The van der Waals surface area contributed by atoms with Crippen LogP contribution in [0.25, 0.3) is 0 Å². The quantitative estimate of drug-likeness (QED) is 0.446. The second kappa shape index (κ2) is 8.35. The van der Waals surface area contributed by atoms with Crippen LogP contribution in [0, 0.1) is 5.92 Å². The van der Waals surface area contributed by atoms with Gasteiger partial charge in [0.2, 0.25) is 5.95 Å². The maximum Gasteiger partial charge on any atom is 0.232 e. The number of rotatable bonds is 5. The van der Waals surface area contributed by atoms with Gasteiger partial charge in [-0.15, -0.1) is 0 Å². The molecule has 0 unspecified atom stereocenters. The Morgan fingerprint density at radius 3 is 2.78 bits per heavy atom. The SMILES string of the molecule is C[C@@H]1CCCN(c2cc(Sc3ncccn3)nc(NC(=S)NC3CC3)n2)C1. The van der Waals surface area contributed by atoms with E-state index in [1.807, 2.05) is 6.07 Å². The van der Waals surface area contributed by atoms with Gasteiger partial charge in [-0.3, -0.25) is 0 Å². The van der Waals surface area contributed by atoms with E-state index in [9.17, 15) is 0 Å². The van der Waals surface area contributed by atoms with Crippen LogP contribution in [-0.2, 0) is 0 Å². The molecule has 7 nitrogen and oxygen atoms in total. The third-order valence-corrected chi connectivity index (χ3v) is 5.58. The number of thiocarbonyl (C=S) groups is 1. The predicted octanol–water partition coefficient (Wildman–Crippen LogP) is 3.10. The van der Waals surface area contributed by atoms with Gasteiger partial charge in [0.25, 0.3) is 0 Å². The molecule has 1 aliphatic carbocycles. The van der Waals surface area contributed by atoms with Gasteiger partial charge in [0.1, 0.15) is 10.8 Å². The minimum absolute atomic E-state index is 0.489. The van der Waals surface area contributed by atoms with Crippen LogP contribution in [0.1, 0.15) is 32.6 Å². The lowest BCUT2D eigenvalue weighted by molar-refractivity contribution is 0.444. The fourth-order valence-corrected chi connectivity index (χ4v) is 4.03. The van der Waals surface area contributed by atoms with Crippen LogP contribution in [0.5, 0.6) is 0 Å². The van der Waals surface area contributed by atoms with Crippen LogP contribution in [-0.4, -0.2) is 44.2 Å². The van der Waals surface area contributed by atoms with E-state index in [1.54, 1.807) is 18.5 Å². The summed E-state index contributed by atoms with van der Waals surface area (Å²) in [5.74, 6) is 2.10. The van der Waals surface area contributed by atoms with Crippen molar-refractivity contribution in [2.24, 2.45) is 5.92 Å². The molecule has 142 valence electrons. The van der Waals surface area contributed by atoms with Crippen LogP contribution in [0.3, 0.4) is 0 Å². The van der Waals surface area contributed by atoms with Gasteiger partial charge in [-0.25, -0.2) is 15.0 Å². The Balaban J connectivity index is 1.57. The Morgan fingerprint density at radius 1 is 1.22 bits per heavy atom. The number of hydrogen-bond donors (Lipinski definition) is 2. The van der Waals surface area contributed by atoms with Gasteiger partial charge in [-0.05, 0) is 61.6 Å². The van der Waals surface area contributed by atoms with Gasteiger partial charge >= 0.3 is 0 Å². The smallest absolute Gasteiger partial charge is 0.232 e. The van der Waals surface area contributed by atoms with Crippen molar-refractivity contribution < 1.29 is 0 Å². The highest BCUT2D eigenvalue weighted by Gasteiger charge is 2.23. The lowest BCUT2D eigenvalue weighted by Gasteiger charge is -2.32. The van der Waals surface area contributed by atoms with Crippen molar-refractivity contribution in [1.29, 1.82) is 0 Å². The Kier molecular flexibility index (Phi) is 5.68. The van der Waals surface area contributed by atoms with E-state index in [-0.39, 0.29) is 0 Å². The molecule has 1 saturated heterocycles. The summed E-state index contributed by atoms with van der Waals surface area (Å²) in [6.45, 7) is 4.30. The first-order valence-corrected chi connectivity index (χ1v) is 10.5. The molecular weight excluding hydrogens is 378 g/mol. The van der Waals surface area contributed by atoms with Gasteiger partial charge in [-0.1, -0.05) is 6.92 Å². The van der Waals surface area contributed by atoms with Gasteiger partial charge in [0.05, 0.1) is 0 Å². The van der Waals surface area contributed by atoms with E-state index in [1.165, 1.54) is 37.4 Å².